The van der Waals surface area contributed by atoms with Crippen molar-refractivity contribution in [2.45, 2.75) is 43.9 Å². The van der Waals surface area contributed by atoms with E-state index in [0.717, 1.165) is 5.25 Å². The van der Waals surface area contributed by atoms with Crippen LogP contribution in [-0.2, 0) is 0 Å². The third-order valence-corrected chi connectivity index (χ3v) is 3.48. The molecule has 0 amide bonds. The van der Waals surface area contributed by atoms with Gasteiger partial charge in [0.15, 0.2) is 0 Å². The van der Waals surface area contributed by atoms with Crippen LogP contribution in [0.2, 0.25) is 0 Å². The van der Waals surface area contributed by atoms with Gasteiger partial charge in [0.1, 0.15) is 0 Å². The normalized spacial score (nSPS) is 34.2. The van der Waals surface area contributed by atoms with Crippen molar-refractivity contribution in [2.24, 2.45) is 5.73 Å². The lowest BCUT2D eigenvalue weighted by molar-refractivity contribution is 0.453. The van der Waals surface area contributed by atoms with E-state index in [2.05, 4.69) is 6.92 Å². The first-order valence-electron chi connectivity index (χ1n) is 4.21. The zero-order chi connectivity index (χ0) is 7.40. The number of nitrogens with two attached hydrogens (primary N) is 1. The summed E-state index contributed by atoms with van der Waals surface area (Å²) in [6, 6.07) is 0.485. The molecule has 60 valence electrons. The molecule has 1 aliphatic rings. The van der Waals surface area contributed by atoms with Crippen molar-refractivity contribution >= 4 is 11.8 Å². The molecule has 0 aromatic heterocycles. The van der Waals surface area contributed by atoms with Gasteiger partial charge in [0.05, 0.1) is 0 Å². The lowest BCUT2D eigenvalue weighted by Crippen LogP contribution is -2.35. The standard InChI is InChI=1S/C8H17NS/c1-2-10-8-6-4-3-5-7(8)9/h7-8H,2-6,9H2,1H3/t7-,8-/m0/s1. The smallest absolute Gasteiger partial charge is 0.0198 e. The Morgan fingerprint density at radius 1 is 1.40 bits per heavy atom. The van der Waals surface area contributed by atoms with Crippen molar-refractivity contribution in [3.8, 4) is 0 Å². The largest absolute Gasteiger partial charge is 0.327 e. The molecule has 2 atom stereocenters. The van der Waals surface area contributed by atoms with Crippen LogP contribution in [0.1, 0.15) is 32.6 Å². The molecule has 2 heteroatoms. The van der Waals surface area contributed by atoms with Crippen LogP contribution in [0.15, 0.2) is 0 Å². The monoisotopic (exact) mass is 159 g/mol. The summed E-state index contributed by atoms with van der Waals surface area (Å²) < 4.78 is 0. The van der Waals surface area contributed by atoms with E-state index in [0.29, 0.717) is 6.04 Å². The lowest BCUT2D eigenvalue weighted by atomic mass is 9.96. The van der Waals surface area contributed by atoms with E-state index in [4.69, 9.17) is 5.73 Å². The zero-order valence-corrected chi connectivity index (χ0v) is 7.49. The van der Waals surface area contributed by atoms with Crippen molar-refractivity contribution < 1.29 is 0 Å². The fraction of sp³-hybridized carbons (Fsp3) is 1.00. The van der Waals surface area contributed by atoms with Gasteiger partial charge in [0, 0.05) is 11.3 Å². The van der Waals surface area contributed by atoms with E-state index >= 15 is 0 Å². The summed E-state index contributed by atoms with van der Waals surface area (Å²) in [5.41, 5.74) is 5.94. The van der Waals surface area contributed by atoms with Crippen LogP contribution in [0.25, 0.3) is 0 Å². The second-order valence-electron chi connectivity index (χ2n) is 2.94. The van der Waals surface area contributed by atoms with E-state index in [1.54, 1.807) is 0 Å². The van der Waals surface area contributed by atoms with Crippen LogP contribution in [0.5, 0.6) is 0 Å². The molecular formula is C8H17NS. The fourth-order valence-electron chi connectivity index (χ4n) is 1.55. The summed E-state index contributed by atoms with van der Waals surface area (Å²) >= 11 is 2.04. The Morgan fingerprint density at radius 2 is 2.10 bits per heavy atom. The second-order valence-corrected chi connectivity index (χ2v) is 4.46. The fourth-order valence-corrected chi connectivity index (χ4v) is 2.69. The van der Waals surface area contributed by atoms with Crippen LogP contribution >= 0.6 is 11.8 Å². The maximum absolute atomic E-state index is 5.94. The van der Waals surface area contributed by atoms with E-state index in [1.807, 2.05) is 11.8 Å². The van der Waals surface area contributed by atoms with Crippen molar-refractivity contribution in [3.05, 3.63) is 0 Å². The molecule has 1 aliphatic carbocycles. The van der Waals surface area contributed by atoms with E-state index in [-0.39, 0.29) is 0 Å². The Labute approximate surface area is 67.8 Å². The van der Waals surface area contributed by atoms with Gasteiger partial charge in [-0.15, -0.1) is 0 Å². The molecule has 1 rings (SSSR count). The SMILES string of the molecule is CCS[C@H]1CCCC[C@@H]1N. The maximum Gasteiger partial charge on any atom is 0.0198 e. The first-order chi connectivity index (χ1) is 4.84. The Bertz CT molecular complexity index is 93.3. The molecule has 0 saturated heterocycles. The molecule has 1 nitrogen and oxygen atoms in total. The van der Waals surface area contributed by atoms with Crippen LogP contribution in [-0.4, -0.2) is 17.0 Å². The average Bonchev–Trinajstić information content (AvgIpc) is 1.94. The van der Waals surface area contributed by atoms with Crippen LogP contribution in [0, 0.1) is 0 Å². The van der Waals surface area contributed by atoms with E-state index in [9.17, 15) is 0 Å². The number of rotatable bonds is 2. The summed E-state index contributed by atoms with van der Waals surface area (Å²) in [7, 11) is 0. The van der Waals surface area contributed by atoms with Crippen molar-refractivity contribution in [3.63, 3.8) is 0 Å². The highest BCUT2D eigenvalue weighted by molar-refractivity contribution is 7.99. The molecular weight excluding hydrogens is 142 g/mol. The molecule has 0 aromatic rings. The molecule has 0 heterocycles. The molecule has 0 bridgehead atoms. The molecule has 0 aromatic carbocycles. The molecule has 1 fully saturated rings. The van der Waals surface area contributed by atoms with Gasteiger partial charge in [-0.3, -0.25) is 0 Å². The molecule has 2 N–H and O–H groups in total. The van der Waals surface area contributed by atoms with E-state index in [1.165, 1.54) is 31.4 Å². The summed E-state index contributed by atoms with van der Waals surface area (Å²) in [6.45, 7) is 2.21. The predicted octanol–water partition coefficient (Wildman–Crippen LogP) is 2.01. The van der Waals surface area contributed by atoms with Gasteiger partial charge in [0.2, 0.25) is 0 Å². The quantitative estimate of drug-likeness (QED) is 0.667. The maximum atomic E-state index is 5.94. The Morgan fingerprint density at radius 3 is 2.70 bits per heavy atom. The van der Waals surface area contributed by atoms with Crippen LogP contribution in [0.4, 0.5) is 0 Å². The summed E-state index contributed by atoms with van der Waals surface area (Å²) in [6.07, 6.45) is 5.34. The third-order valence-electron chi connectivity index (χ3n) is 2.13. The molecule has 1 saturated carbocycles. The first kappa shape index (κ1) is 8.41. The molecule has 0 radical (unpaired) electrons. The summed E-state index contributed by atoms with van der Waals surface area (Å²) in [5.74, 6) is 1.22. The van der Waals surface area contributed by atoms with E-state index < -0.39 is 0 Å². The highest BCUT2D eigenvalue weighted by Crippen LogP contribution is 2.26. The number of hydrogen-bond donors (Lipinski definition) is 1. The van der Waals surface area contributed by atoms with Crippen molar-refractivity contribution in [1.29, 1.82) is 0 Å². The van der Waals surface area contributed by atoms with Gasteiger partial charge in [0.25, 0.3) is 0 Å². The molecule has 0 aliphatic heterocycles. The zero-order valence-electron chi connectivity index (χ0n) is 6.68. The Balaban J connectivity index is 2.25. The third kappa shape index (κ3) is 2.17. The summed E-state index contributed by atoms with van der Waals surface area (Å²) in [5, 5.41) is 0.763. The lowest BCUT2D eigenvalue weighted by Gasteiger charge is -2.27. The Hall–Kier alpha value is 0.310. The molecule has 0 unspecified atom stereocenters. The minimum atomic E-state index is 0.485. The van der Waals surface area contributed by atoms with Gasteiger partial charge in [-0.2, -0.15) is 11.8 Å². The first-order valence-corrected chi connectivity index (χ1v) is 5.26. The van der Waals surface area contributed by atoms with Crippen LogP contribution in [0.3, 0.4) is 0 Å². The highest BCUT2D eigenvalue weighted by atomic mass is 32.2. The number of thioether (sulfide) groups is 1. The van der Waals surface area contributed by atoms with Crippen LogP contribution < -0.4 is 5.73 Å². The van der Waals surface area contributed by atoms with Gasteiger partial charge in [-0.25, -0.2) is 0 Å². The predicted molar refractivity (Wildman–Crippen MR) is 48.4 cm³/mol. The average molecular weight is 159 g/mol. The minimum Gasteiger partial charge on any atom is -0.327 e. The Kier molecular flexibility index (Phi) is 3.57. The van der Waals surface area contributed by atoms with Gasteiger partial charge >= 0.3 is 0 Å². The minimum absolute atomic E-state index is 0.485. The topological polar surface area (TPSA) is 26.0 Å². The van der Waals surface area contributed by atoms with Crippen molar-refractivity contribution in [2.75, 3.05) is 5.75 Å². The summed E-state index contributed by atoms with van der Waals surface area (Å²) in [4.78, 5) is 0. The molecule has 10 heavy (non-hydrogen) atoms. The second kappa shape index (κ2) is 4.24. The van der Waals surface area contributed by atoms with Gasteiger partial charge in [-0.1, -0.05) is 19.8 Å². The van der Waals surface area contributed by atoms with Crippen molar-refractivity contribution in [1.82, 2.24) is 0 Å². The number of hydrogen-bond acceptors (Lipinski definition) is 2. The van der Waals surface area contributed by atoms with Gasteiger partial charge in [-0.05, 0) is 18.6 Å². The molecule has 0 spiro atoms. The highest BCUT2D eigenvalue weighted by Gasteiger charge is 2.20. The van der Waals surface area contributed by atoms with Gasteiger partial charge < -0.3 is 5.73 Å².